The molecule has 0 aliphatic carbocycles. The third-order valence-corrected chi connectivity index (χ3v) is 1.39. The molecule has 7 heteroatoms. The van der Waals surface area contributed by atoms with Crippen LogP contribution in [0.15, 0.2) is 12.3 Å². The lowest BCUT2D eigenvalue weighted by atomic mass is 10.3. The summed E-state index contributed by atoms with van der Waals surface area (Å²) in [5, 5.41) is 0.0571. The van der Waals surface area contributed by atoms with E-state index in [-0.39, 0.29) is 16.9 Å². The smallest absolute Gasteiger partial charge is 0.387 e. The van der Waals surface area contributed by atoms with Gasteiger partial charge in [0.25, 0.3) is 0 Å². The van der Waals surface area contributed by atoms with Gasteiger partial charge in [-0.1, -0.05) is 11.6 Å². The van der Waals surface area contributed by atoms with Gasteiger partial charge in [-0.3, -0.25) is 4.79 Å². The van der Waals surface area contributed by atoms with Crippen LogP contribution in [-0.4, -0.2) is 17.6 Å². The van der Waals surface area contributed by atoms with Crippen LogP contribution in [0.5, 0.6) is 5.88 Å². The molecule has 0 aliphatic heterocycles. The number of carbonyl (C=O) groups is 1. The average Bonchev–Trinajstić information content (AvgIpc) is 2.06. The Kier molecular flexibility index (Phi) is 2.95. The number of aromatic nitrogens is 1. The van der Waals surface area contributed by atoms with Crippen LogP contribution in [0, 0.1) is 0 Å². The summed E-state index contributed by atoms with van der Waals surface area (Å²) in [6.45, 7) is 0. The summed E-state index contributed by atoms with van der Waals surface area (Å²) >= 11 is 5.41. The summed E-state index contributed by atoms with van der Waals surface area (Å²) in [6, 6.07) is 1.03. The number of ether oxygens (including phenoxy) is 1. The van der Waals surface area contributed by atoms with Gasteiger partial charge in [-0.25, -0.2) is 4.98 Å². The first-order valence-corrected chi connectivity index (χ1v) is 3.66. The molecule has 0 bridgehead atoms. The van der Waals surface area contributed by atoms with E-state index in [2.05, 4.69) is 9.72 Å². The van der Waals surface area contributed by atoms with Crippen LogP contribution in [-0.2, 0) is 0 Å². The van der Waals surface area contributed by atoms with Gasteiger partial charge in [-0.15, -0.1) is 13.2 Å². The number of hydrogen-bond acceptors (Lipinski definition) is 3. The van der Waals surface area contributed by atoms with Crippen molar-refractivity contribution >= 4 is 17.9 Å². The second-order valence-electron chi connectivity index (χ2n) is 2.21. The third-order valence-electron chi connectivity index (χ3n) is 1.18. The molecule has 3 nitrogen and oxygen atoms in total. The first-order valence-electron chi connectivity index (χ1n) is 3.29. The van der Waals surface area contributed by atoms with Crippen molar-refractivity contribution < 1.29 is 22.7 Å². The molecule has 76 valence electrons. The molecule has 1 rings (SSSR count). The Morgan fingerprint density at radius 3 is 2.64 bits per heavy atom. The molecule has 0 spiro atoms. The highest BCUT2D eigenvalue weighted by Crippen LogP contribution is 2.24. The van der Waals surface area contributed by atoms with Crippen molar-refractivity contribution in [2.75, 3.05) is 0 Å². The summed E-state index contributed by atoms with van der Waals surface area (Å²) in [5.74, 6) is -0.808. The zero-order valence-corrected chi connectivity index (χ0v) is 7.26. The van der Waals surface area contributed by atoms with E-state index in [1.165, 1.54) is 0 Å². The Balaban J connectivity index is 3.03. The van der Waals surface area contributed by atoms with Crippen molar-refractivity contribution in [1.29, 1.82) is 0 Å². The van der Waals surface area contributed by atoms with E-state index in [0.29, 0.717) is 0 Å². The van der Waals surface area contributed by atoms with E-state index in [1.54, 1.807) is 0 Å². The normalized spacial score (nSPS) is 11.1. The minimum Gasteiger partial charge on any atom is -0.387 e. The van der Waals surface area contributed by atoms with Gasteiger partial charge in [0.15, 0.2) is 6.29 Å². The average molecular weight is 226 g/mol. The first kappa shape index (κ1) is 10.8. The van der Waals surface area contributed by atoms with E-state index in [4.69, 9.17) is 11.6 Å². The lowest BCUT2D eigenvalue weighted by Gasteiger charge is -2.08. The van der Waals surface area contributed by atoms with Crippen LogP contribution in [0.25, 0.3) is 0 Å². The SMILES string of the molecule is O=Cc1cc(Cl)cnc1OC(F)(F)F. The molecule has 1 aromatic heterocycles. The molecule has 0 unspecified atom stereocenters. The number of alkyl halides is 3. The summed E-state index contributed by atoms with van der Waals surface area (Å²) in [4.78, 5) is 13.5. The first-order chi connectivity index (χ1) is 6.42. The molecule has 0 aromatic carbocycles. The molecule has 0 saturated carbocycles. The molecule has 1 aromatic rings. The number of nitrogens with zero attached hydrogens (tertiary/aromatic N) is 1. The van der Waals surface area contributed by atoms with E-state index < -0.39 is 12.2 Å². The van der Waals surface area contributed by atoms with Crippen LogP contribution in [0.4, 0.5) is 13.2 Å². The number of halogens is 4. The molecule has 0 fully saturated rings. The molecule has 0 saturated heterocycles. The summed E-state index contributed by atoms with van der Waals surface area (Å²) in [7, 11) is 0. The number of hydrogen-bond donors (Lipinski definition) is 0. The van der Waals surface area contributed by atoms with Crippen LogP contribution >= 0.6 is 11.6 Å². The van der Waals surface area contributed by atoms with Crippen molar-refractivity contribution in [2.45, 2.75) is 6.36 Å². The minimum absolute atomic E-state index is 0.0571. The van der Waals surface area contributed by atoms with Crippen LogP contribution in [0.2, 0.25) is 5.02 Å². The number of aldehydes is 1. The zero-order chi connectivity index (χ0) is 10.8. The van der Waals surface area contributed by atoms with Crippen LogP contribution in [0.3, 0.4) is 0 Å². The molecule has 14 heavy (non-hydrogen) atoms. The summed E-state index contributed by atoms with van der Waals surface area (Å²) in [5.41, 5.74) is -0.352. The highest BCUT2D eigenvalue weighted by atomic mass is 35.5. The highest BCUT2D eigenvalue weighted by molar-refractivity contribution is 6.30. The number of carbonyl (C=O) groups excluding carboxylic acids is 1. The van der Waals surface area contributed by atoms with Crippen molar-refractivity contribution in [2.24, 2.45) is 0 Å². The predicted molar refractivity (Wildman–Crippen MR) is 41.3 cm³/mol. The second-order valence-corrected chi connectivity index (χ2v) is 2.65. The van der Waals surface area contributed by atoms with E-state index in [1.807, 2.05) is 0 Å². The van der Waals surface area contributed by atoms with E-state index >= 15 is 0 Å². The van der Waals surface area contributed by atoms with Crippen LogP contribution in [0.1, 0.15) is 10.4 Å². The molecule has 1 heterocycles. The second kappa shape index (κ2) is 3.83. The Bertz CT molecular complexity index is 353. The largest absolute Gasteiger partial charge is 0.574 e. The predicted octanol–water partition coefficient (Wildman–Crippen LogP) is 2.45. The molecule has 0 aliphatic rings. The number of pyridine rings is 1. The van der Waals surface area contributed by atoms with Crippen LogP contribution < -0.4 is 4.74 Å². The molecule has 0 amide bonds. The Morgan fingerprint density at radius 1 is 1.50 bits per heavy atom. The summed E-state index contributed by atoms with van der Waals surface area (Å²) in [6.07, 6.45) is -3.74. The fourth-order valence-electron chi connectivity index (χ4n) is 0.722. The quantitative estimate of drug-likeness (QED) is 0.726. The van der Waals surface area contributed by atoms with Gasteiger partial charge in [0, 0.05) is 6.20 Å². The Labute approximate surface area is 81.5 Å². The van der Waals surface area contributed by atoms with Gasteiger partial charge < -0.3 is 4.74 Å². The van der Waals surface area contributed by atoms with Gasteiger partial charge >= 0.3 is 6.36 Å². The summed E-state index contributed by atoms with van der Waals surface area (Å²) < 4.78 is 38.7. The van der Waals surface area contributed by atoms with Gasteiger partial charge in [-0.05, 0) is 6.07 Å². The maximum Gasteiger partial charge on any atom is 0.574 e. The van der Waals surface area contributed by atoms with Gasteiger partial charge in [-0.2, -0.15) is 0 Å². The lowest BCUT2D eigenvalue weighted by molar-refractivity contribution is -0.276. The van der Waals surface area contributed by atoms with Crippen molar-refractivity contribution in [3.8, 4) is 5.88 Å². The fraction of sp³-hybridized carbons (Fsp3) is 0.143. The van der Waals surface area contributed by atoms with Gasteiger partial charge in [0.1, 0.15) is 0 Å². The Morgan fingerprint density at radius 2 is 2.14 bits per heavy atom. The zero-order valence-electron chi connectivity index (χ0n) is 6.51. The monoisotopic (exact) mass is 225 g/mol. The topological polar surface area (TPSA) is 39.2 Å². The molecule has 0 radical (unpaired) electrons. The standard InChI is InChI=1S/C7H3ClF3NO2/c8-5-1-4(3-13)6(12-2-5)14-7(9,10)11/h1-3H. The molecular weight excluding hydrogens is 223 g/mol. The van der Waals surface area contributed by atoms with E-state index in [0.717, 1.165) is 12.3 Å². The van der Waals surface area contributed by atoms with Gasteiger partial charge in [0.05, 0.1) is 10.6 Å². The highest BCUT2D eigenvalue weighted by Gasteiger charge is 2.32. The van der Waals surface area contributed by atoms with Gasteiger partial charge in [0.2, 0.25) is 5.88 Å². The van der Waals surface area contributed by atoms with Crippen molar-refractivity contribution in [3.63, 3.8) is 0 Å². The lowest BCUT2D eigenvalue weighted by Crippen LogP contribution is -2.18. The minimum atomic E-state index is -4.88. The Hall–Kier alpha value is -1.30. The van der Waals surface area contributed by atoms with Crippen molar-refractivity contribution in [3.05, 3.63) is 22.8 Å². The van der Waals surface area contributed by atoms with E-state index in [9.17, 15) is 18.0 Å². The third kappa shape index (κ3) is 2.88. The fourth-order valence-corrected chi connectivity index (χ4v) is 0.888. The molecule has 0 atom stereocenters. The molecule has 0 N–H and O–H groups in total. The maximum atomic E-state index is 11.7. The maximum absolute atomic E-state index is 11.7. The number of rotatable bonds is 2. The molecular formula is C7H3ClF3NO2. The van der Waals surface area contributed by atoms with Crippen molar-refractivity contribution in [1.82, 2.24) is 4.98 Å².